The molecular weight excluding hydrogens is 352 g/mol. The van der Waals surface area contributed by atoms with Crippen molar-refractivity contribution in [2.45, 2.75) is 13.5 Å². The summed E-state index contributed by atoms with van der Waals surface area (Å²) in [4.78, 5) is 11.8. The molecule has 0 bridgehead atoms. The topological polar surface area (TPSA) is 59.9 Å². The predicted octanol–water partition coefficient (Wildman–Crippen LogP) is 4.10. The van der Waals surface area contributed by atoms with Crippen LogP contribution in [0.15, 0.2) is 84.0 Å². The van der Waals surface area contributed by atoms with Crippen LogP contribution >= 0.6 is 0 Å². The highest BCUT2D eigenvalue weighted by Crippen LogP contribution is 2.18. The van der Waals surface area contributed by atoms with E-state index in [2.05, 4.69) is 10.5 Å². The zero-order chi connectivity index (χ0) is 19.6. The second-order valence-electron chi connectivity index (χ2n) is 6.24. The van der Waals surface area contributed by atoms with Gasteiger partial charge < -0.3 is 9.47 Å². The van der Waals surface area contributed by atoms with Crippen LogP contribution in [0.25, 0.3) is 0 Å². The van der Waals surface area contributed by atoms with Crippen molar-refractivity contribution in [2.24, 2.45) is 5.10 Å². The first kappa shape index (κ1) is 19.2. The molecule has 3 aromatic rings. The van der Waals surface area contributed by atoms with Crippen molar-refractivity contribution in [3.8, 4) is 11.5 Å². The molecule has 1 N–H and O–H groups in total. The standard InChI is InChI=1S/C23H22N2O3/c1-18-7-9-19(10-8-18)15-24-25-23(26)17-28-22-13-11-21(12-14-22)27-16-20-5-3-2-4-6-20/h2-15H,16-17H2,1H3,(H,25,26). The lowest BCUT2D eigenvalue weighted by molar-refractivity contribution is -0.123. The fourth-order valence-electron chi connectivity index (χ4n) is 2.39. The van der Waals surface area contributed by atoms with Crippen LogP contribution in [-0.4, -0.2) is 18.7 Å². The maximum absolute atomic E-state index is 11.8. The van der Waals surface area contributed by atoms with Crippen LogP contribution < -0.4 is 14.9 Å². The van der Waals surface area contributed by atoms with Gasteiger partial charge in [0, 0.05) is 0 Å². The van der Waals surface area contributed by atoms with Crippen molar-refractivity contribution in [2.75, 3.05) is 6.61 Å². The van der Waals surface area contributed by atoms with E-state index in [1.54, 1.807) is 18.3 Å². The maximum Gasteiger partial charge on any atom is 0.277 e. The largest absolute Gasteiger partial charge is 0.489 e. The summed E-state index contributed by atoms with van der Waals surface area (Å²) in [5.74, 6) is 1.00. The molecule has 0 heterocycles. The Labute approximate surface area is 164 Å². The Balaban J connectivity index is 1.40. The molecule has 0 unspecified atom stereocenters. The Kier molecular flexibility index (Phi) is 6.79. The van der Waals surface area contributed by atoms with Gasteiger partial charge in [0.25, 0.3) is 5.91 Å². The third-order valence-electron chi connectivity index (χ3n) is 3.92. The lowest BCUT2D eigenvalue weighted by atomic mass is 10.2. The third-order valence-corrected chi connectivity index (χ3v) is 3.92. The monoisotopic (exact) mass is 374 g/mol. The third kappa shape index (κ3) is 6.29. The zero-order valence-corrected chi connectivity index (χ0v) is 15.7. The molecule has 0 spiro atoms. The average molecular weight is 374 g/mol. The molecule has 5 heteroatoms. The molecule has 0 radical (unpaired) electrons. The predicted molar refractivity (Wildman–Crippen MR) is 110 cm³/mol. The number of hydrazone groups is 1. The van der Waals surface area contributed by atoms with Crippen LogP contribution in [0.2, 0.25) is 0 Å². The number of carbonyl (C=O) groups excluding carboxylic acids is 1. The Bertz CT molecular complexity index is 905. The highest BCUT2D eigenvalue weighted by Gasteiger charge is 2.02. The number of aryl methyl sites for hydroxylation is 1. The van der Waals surface area contributed by atoms with Crippen LogP contribution in [0.4, 0.5) is 0 Å². The summed E-state index contributed by atoms with van der Waals surface area (Å²) in [6.07, 6.45) is 1.59. The molecule has 0 aliphatic heterocycles. The second-order valence-corrected chi connectivity index (χ2v) is 6.24. The molecule has 3 aromatic carbocycles. The molecule has 28 heavy (non-hydrogen) atoms. The second kappa shape index (κ2) is 9.92. The first-order chi connectivity index (χ1) is 13.7. The molecule has 0 saturated heterocycles. The average Bonchev–Trinajstić information content (AvgIpc) is 2.74. The van der Waals surface area contributed by atoms with Gasteiger partial charge in [0.1, 0.15) is 18.1 Å². The summed E-state index contributed by atoms with van der Waals surface area (Å²) in [7, 11) is 0. The van der Waals surface area contributed by atoms with E-state index in [9.17, 15) is 4.79 Å². The SMILES string of the molecule is Cc1ccc(C=NNC(=O)COc2ccc(OCc3ccccc3)cc2)cc1. The molecule has 142 valence electrons. The van der Waals surface area contributed by atoms with Gasteiger partial charge >= 0.3 is 0 Å². The molecule has 1 amide bonds. The van der Waals surface area contributed by atoms with Gasteiger partial charge in [-0.05, 0) is 42.3 Å². The lowest BCUT2D eigenvalue weighted by Gasteiger charge is -2.08. The highest BCUT2D eigenvalue weighted by atomic mass is 16.5. The molecule has 5 nitrogen and oxygen atoms in total. The van der Waals surface area contributed by atoms with E-state index in [1.165, 1.54) is 5.56 Å². The Morgan fingerprint density at radius 2 is 1.54 bits per heavy atom. The molecule has 0 aliphatic carbocycles. The van der Waals surface area contributed by atoms with Crippen molar-refractivity contribution in [3.63, 3.8) is 0 Å². The summed E-state index contributed by atoms with van der Waals surface area (Å²) in [5.41, 5.74) is 5.64. The highest BCUT2D eigenvalue weighted by molar-refractivity contribution is 5.82. The number of nitrogens with one attached hydrogen (secondary N) is 1. The van der Waals surface area contributed by atoms with E-state index in [1.807, 2.05) is 73.7 Å². The van der Waals surface area contributed by atoms with E-state index in [0.717, 1.165) is 16.9 Å². The summed E-state index contributed by atoms with van der Waals surface area (Å²) in [6.45, 7) is 2.40. The minimum atomic E-state index is -0.326. The number of hydrogen-bond donors (Lipinski definition) is 1. The molecular formula is C23H22N2O3. The van der Waals surface area contributed by atoms with E-state index in [0.29, 0.717) is 12.4 Å². The molecule has 0 aromatic heterocycles. The van der Waals surface area contributed by atoms with Crippen molar-refractivity contribution >= 4 is 12.1 Å². The van der Waals surface area contributed by atoms with Gasteiger partial charge in [0.05, 0.1) is 6.21 Å². The fourth-order valence-corrected chi connectivity index (χ4v) is 2.39. The van der Waals surface area contributed by atoms with E-state index < -0.39 is 0 Å². The fraction of sp³-hybridized carbons (Fsp3) is 0.130. The van der Waals surface area contributed by atoms with Gasteiger partial charge in [-0.2, -0.15) is 5.10 Å². The van der Waals surface area contributed by atoms with Crippen molar-refractivity contribution < 1.29 is 14.3 Å². The number of nitrogens with zero attached hydrogens (tertiary/aromatic N) is 1. The van der Waals surface area contributed by atoms with Crippen LogP contribution in [0.5, 0.6) is 11.5 Å². The van der Waals surface area contributed by atoms with Crippen LogP contribution in [0, 0.1) is 6.92 Å². The summed E-state index contributed by atoms with van der Waals surface area (Å²) < 4.78 is 11.2. The Morgan fingerprint density at radius 1 is 0.893 bits per heavy atom. The van der Waals surface area contributed by atoms with E-state index >= 15 is 0 Å². The van der Waals surface area contributed by atoms with Gasteiger partial charge in [-0.25, -0.2) is 5.43 Å². The smallest absolute Gasteiger partial charge is 0.277 e. The molecule has 0 saturated carbocycles. The van der Waals surface area contributed by atoms with Crippen molar-refractivity contribution in [1.82, 2.24) is 5.43 Å². The Hall–Kier alpha value is -3.60. The number of rotatable bonds is 8. The minimum Gasteiger partial charge on any atom is -0.489 e. The van der Waals surface area contributed by atoms with Gasteiger partial charge in [0.2, 0.25) is 0 Å². The normalized spacial score (nSPS) is 10.6. The van der Waals surface area contributed by atoms with Gasteiger partial charge in [-0.15, -0.1) is 0 Å². The maximum atomic E-state index is 11.8. The molecule has 0 aliphatic rings. The molecule has 3 rings (SSSR count). The Morgan fingerprint density at radius 3 is 2.21 bits per heavy atom. The molecule has 0 atom stereocenters. The number of amides is 1. The van der Waals surface area contributed by atoms with Crippen molar-refractivity contribution in [1.29, 1.82) is 0 Å². The van der Waals surface area contributed by atoms with Gasteiger partial charge in [0.15, 0.2) is 6.61 Å². The number of ether oxygens (including phenoxy) is 2. The van der Waals surface area contributed by atoms with Crippen LogP contribution in [0.3, 0.4) is 0 Å². The van der Waals surface area contributed by atoms with Gasteiger partial charge in [-0.1, -0.05) is 60.2 Å². The van der Waals surface area contributed by atoms with Crippen LogP contribution in [0.1, 0.15) is 16.7 Å². The quantitative estimate of drug-likeness (QED) is 0.477. The summed E-state index contributed by atoms with van der Waals surface area (Å²) >= 11 is 0. The zero-order valence-electron chi connectivity index (χ0n) is 15.7. The number of carbonyl (C=O) groups is 1. The first-order valence-corrected chi connectivity index (χ1v) is 8.97. The molecule has 0 fully saturated rings. The summed E-state index contributed by atoms with van der Waals surface area (Å²) in [5, 5.41) is 3.93. The van der Waals surface area contributed by atoms with Crippen LogP contribution in [-0.2, 0) is 11.4 Å². The first-order valence-electron chi connectivity index (χ1n) is 8.97. The van der Waals surface area contributed by atoms with Gasteiger partial charge in [-0.3, -0.25) is 4.79 Å². The van der Waals surface area contributed by atoms with E-state index in [-0.39, 0.29) is 12.5 Å². The minimum absolute atomic E-state index is 0.116. The van der Waals surface area contributed by atoms with E-state index in [4.69, 9.17) is 9.47 Å². The lowest BCUT2D eigenvalue weighted by Crippen LogP contribution is -2.24. The number of hydrogen-bond acceptors (Lipinski definition) is 4. The van der Waals surface area contributed by atoms with Crippen molar-refractivity contribution in [3.05, 3.63) is 95.6 Å². The number of benzene rings is 3. The summed E-state index contributed by atoms with van der Waals surface area (Å²) in [6, 6.07) is 24.9.